The average Bonchev–Trinajstić information content (AvgIpc) is 2.80. The lowest BCUT2D eigenvalue weighted by Gasteiger charge is -2.38. The van der Waals surface area contributed by atoms with Crippen LogP contribution in [0.2, 0.25) is 0 Å². The highest BCUT2D eigenvalue weighted by Gasteiger charge is 2.33. The van der Waals surface area contributed by atoms with Crippen molar-refractivity contribution >= 4 is 23.7 Å². The van der Waals surface area contributed by atoms with Gasteiger partial charge in [-0.3, -0.25) is 9.59 Å². The largest absolute Gasteiger partial charge is 0.479 e. The van der Waals surface area contributed by atoms with E-state index < -0.39 is 6.10 Å². The molecule has 1 atom stereocenters. The van der Waals surface area contributed by atoms with E-state index in [1.165, 1.54) is 19.3 Å². The highest BCUT2D eigenvalue weighted by molar-refractivity contribution is 6.02. The Kier molecular flexibility index (Phi) is 10.6. The molecule has 0 aromatic heterocycles. The van der Waals surface area contributed by atoms with E-state index in [-0.39, 0.29) is 24.0 Å². The number of ether oxygens (including phenoxy) is 2. The monoisotopic (exact) mass is 460 g/mol. The van der Waals surface area contributed by atoms with Crippen molar-refractivity contribution in [2.24, 2.45) is 0 Å². The Morgan fingerprint density at radius 2 is 1.88 bits per heavy atom. The SMILES string of the molecule is COCCCCN1C(=O)C(C)Oc2ccc(C(=O)N(C(C)C)C3CCCCC3)cc21.O=C=O. The standard InChI is InChI=1S/C24H36N2O4.CO2/c1-17(2)26(20-10-6-5-7-11-20)24(28)19-12-13-22-21(16-19)25(14-8-9-15-29-4)23(27)18(3)30-22;2-1-3/h12-13,16-18,20H,5-11,14-15H2,1-4H3;. The van der Waals surface area contributed by atoms with Crippen LogP contribution in [0.1, 0.15) is 76.1 Å². The predicted molar refractivity (Wildman–Crippen MR) is 123 cm³/mol. The van der Waals surface area contributed by atoms with E-state index in [0.29, 0.717) is 36.2 Å². The van der Waals surface area contributed by atoms with Gasteiger partial charge in [0.15, 0.2) is 6.10 Å². The van der Waals surface area contributed by atoms with Crippen LogP contribution in [0.4, 0.5) is 5.69 Å². The van der Waals surface area contributed by atoms with Crippen LogP contribution in [0.25, 0.3) is 0 Å². The molecule has 8 nitrogen and oxygen atoms in total. The summed E-state index contributed by atoms with van der Waals surface area (Å²) in [5.41, 5.74) is 1.33. The fourth-order valence-corrected chi connectivity index (χ4v) is 4.62. The van der Waals surface area contributed by atoms with Gasteiger partial charge in [0.25, 0.3) is 11.8 Å². The second-order valence-corrected chi connectivity index (χ2v) is 8.81. The molecule has 1 saturated carbocycles. The Morgan fingerprint density at radius 1 is 1.21 bits per heavy atom. The van der Waals surface area contributed by atoms with Gasteiger partial charge in [-0.25, -0.2) is 0 Å². The number of amides is 2. The Hall–Kier alpha value is -2.70. The molecule has 0 spiro atoms. The van der Waals surface area contributed by atoms with Crippen molar-refractivity contribution in [1.29, 1.82) is 0 Å². The lowest BCUT2D eigenvalue weighted by molar-refractivity contribution is -0.191. The van der Waals surface area contributed by atoms with E-state index in [1.807, 2.05) is 23.1 Å². The van der Waals surface area contributed by atoms with Gasteiger partial charge >= 0.3 is 6.15 Å². The first-order valence-corrected chi connectivity index (χ1v) is 11.8. The zero-order valence-electron chi connectivity index (χ0n) is 20.2. The molecular weight excluding hydrogens is 424 g/mol. The van der Waals surface area contributed by atoms with Gasteiger partial charge in [-0.2, -0.15) is 9.59 Å². The fourth-order valence-electron chi connectivity index (χ4n) is 4.62. The quantitative estimate of drug-likeness (QED) is 0.548. The minimum absolute atomic E-state index is 0.0464. The van der Waals surface area contributed by atoms with Gasteiger partial charge in [-0.15, -0.1) is 0 Å². The Balaban J connectivity index is 0.00000122. The molecule has 3 rings (SSSR count). The van der Waals surface area contributed by atoms with Crippen molar-refractivity contribution in [3.63, 3.8) is 0 Å². The first-order valence-electron chi connectivity index (χ1n) is 11.8. The van der Waals surface area contributed by atoms with Crippen LogP contribution < -0.4 is 9.64 Å². The third kappa shape index (κ3) is 6.89. The summed E-state index contributed by atoms with van der Waals surface area (Å²) in [4.78, 5) is 46.3. The van der Waals surface area contributed by atoms with E-state index in [9.17, 15) is 9.59 Å². The number of fused-ring (bicyclic) bond motifs is 1. The van der Waals surface area contributed by atoms with Crippen molar-refractivity contribution in [3.8, 4) is 5.75 Å². The van der Waals surface area contributed by atoms with E-state index in [2.05, 4.69) is 13.8 Å². The summed E-state index contributed by atoms with van der Waals surface area (Å²) in [6.45, 7) is 7.21. The first kappa shape index (κ1) is 26.6. The maximum Gasteiger partial charge on any atom is 0.373 e. The molecule has 2 aliphatic rings. The second-order valence-electron chi connectivity index (χ2n) is 8.81. The summed E-state index contributed by atoms with van der Waals surface area (Å²) in [6.07, 6.45) is 7.21. The van der Waals surface area contributed by atoms with Crippen LogP contribution in [0, 0.1) is 0 Å². The third-order valence-corrected chi connectivity index (χ3v) is 6.15. The molecule has 1 aromatic rings. The number of carbonyl (C=O) groups is 2. The number of anilines is 1. The highest BCUT2D eigenvalue weighted by Crippen LogP contribution is 2.36. The van der Waals surface area contributed by atoms with Gasteiger partial charge in [-0.05, 0) is 64.7 Å². The molecule has 1 aliphatic carbocycles. The highest BCUT2D eigenvalue weighted by atomic mass is 16.5. The number of carbonyl (C=O) groups excluding carboxylic acids is 4. The molecule has 1 fully saturated rings. The Labute approximate surface area is 196 Å². The van der Waals surface area contributed by atoms with Gasteiger partial charge < -0.3 is 19.3 Å². The van der Waals surface area contributed by atoms with Gasteiger partial charge in [-0.1, -0.05) is 19.3 Å². The summed E-state index contributed by atoms with van der Waals surface area (Å²) in [7, 11) is 1.68. The van der Waals surface area contributed by atoms with E-state index in [1.54, 1.807) is 18.9 Å². The van der Waals surface area contributed by atoms with Crippen LogP contribution in [0.15, 0.2) is 18.2 Å². The number of benzene rings is 1. The number of unbranched alkanes of at least 4 members (excludes halogenated alkanes) is 1. The fraction of sp³-hybridized carbons (Fsp3) is 0.640. The second kappa shape index (κ2) is 13.1. The summed E-state index contributed by atoms with van der Waals surface area (Å²) < 4.78 is 10.9. The third-order valence-electron chi connectivity index (χ3n) is 6.15. The molecule has 182 valence electrons. The van der Waals surface area contributed by atoms with Crippen molar-refractivity contribution in [3.05, 3.63) is 23.8 Å². The van der Waals surface area contributed by atoms with E-state index in [4.69, 9.17) is 19.1 Å². The molecule has 8 heteroatoms. The average molecular weight is 461 g/mol. The minimum Gasteiger partial charge on any atom is -0.479 e. The number of hydrogen-bond acceptors (Lipinski definition) is 6. The van der Waals surface area contributed by atoms with Crippen LogP contribution in [0.5, 0.6) is 5.75 Å². The normalized spacial score (nSPS) is 18.0. The molecule has 1 aromatic carbocycles. The zero-order chi connectivity index (χ0) is 24.4. The first-order chi connectivity index (χ1) is 15.8. The molecule has 1 aliphatic heterocycles. The van der Waals surface area contributed by atoms with E-state index in [0.717, 1.165) is 25.7 Å². The molecule has 0 bridgehead atoms. The number of rotatable bonds is 8. The molecule has 0 N–H and O–H groups in total. The van der Waals surface area contributed by atoms with Crippen LogP contribution in [-0.2, 0) is 19.1 Å². The summed E-state index contributed by atoms with van der Waals surface area (Å²) in [5, 5.41) is 0. The Bertz CT molecular complexity index is 828. The summed E-state index contributed by atoms with van der Waals surface area (Å²) in [5.74, 6) is 0.654. The smallest absolute Gasteiger partial charge is 0.373 e. The van der Waals surface area contributed by atoms with Crippen LogP contribution >= 0.6 is 0 Å². The lowest BCUT2D eigenvalue weighted by Crippen LogP contribution is -2.46. The van der Waals surface area contributed by atoms with Crippen molar-refractivity contribution in [2.75, 3.05) is 25.2 Å². The van der Waals surface area contributed by atoms with Crippen LogP contribution in [0.3, 0.4) is 0 Å². The number of methoxy groups -OCH3 is 1. The van der Waals surface area contributed by atoms with Gasteiger partial charge in [0.1, 0.15) is 5.75 Å². The molecule has 1 heterocycles. The molecule has 0 saturated heterocycles. The topological polar surface area (TPSA) is 93.2 Å². The van der Waals surface area contributed by atoms with Gasteiger partial charge in [0.2, 0.25) is 0 Å². The van der Waals surface area contributed by atoms with Crippen molar-refractivity contribution in [1.82, 2.24) is 4.90 Å². The molecule has 2 amide bonds. The zero-order valence-corrected chi connectivity index (χ0v) is 20.2. The molecule has 33 heavy (non-hydrogen) atoms. The maximum absolute atomic E-state index is 13.5. The molecule has 1 unspecified atom stereocenters. The minimum atomic E-state index is -0.518. The molecular formula is C25H36N2O6. The van der Waals surface area contributed by atoms with Crippen molar-refractivity contribution in [2.45, 2.75) is 83.9 Å². The van der Waals surface area contributed by atoms with Crippen LogP contribution in [-0.4, -0.2) is 61.3 Å². The van der Waals surface area contributed by atoms with Gasteiger partial charge in [0, 0.05) is 37.9 Å². The maximum atomic E-state index is 13.5. The predicted octanol–water partition coefficient (Wildman–Crippen LogP) is 3.83. The molecule has 0 radical (unpaired) electrons. The van der Waals surface area contributed by atoms with Crippen molar-refractivity contribution < 1.29 is 28.7 Å². The Morgan fingerprint density at radius 3 is 2.48 bits per heavy atom. The number of hydrogen-bond donors (Lipinski definition) is 0. The van der Waals surface area contributed by atoms with Gasteiger partial charge in [0.05, 0.1) is 5.69 Å². The summed E-state index contributed by atoms with van der Waals surface area (Å²) >= 11 is 0. The van der Waals surface area contributed by atoms with E-state index >= 15 is 0 Å². The summed E-state index contributed by atoms with van der Waals surface area (Å²) in [6, 6.07) is 5.96. The lowest BCUT2D eigenvalue weighted by atomic mass is 9.92. The number of nitrogens with zero attached hydrogens (tertiary/aromatic N) is 2.